The average molecular weight is 377 g/mol. The first-order chi connectivity index (χ1) is 13.2. The Morgan fingerprint density at radius 2 is 2.04 bits per heavy atom. The van der Waals surface area contributed by atoms with Crippen LogP contribution in [0.4, 0.5) is 4.79 Å². The molecule has 1 saturated heterocycles. The van der Waals surface area contributed by atoms with E-state index in [-0.39, 0.29) is 12.1 Å². The van der Waals surface area contributed by atoms with Crippen molar-refractivity contribution in [2.45, 2.75) is 25.8 Å². The van der Waals surface area contributed by atoms with Crippen LogP contribution in [0.1, 0.15) is 18.9 Å². The van der Waals surface area contributed by atoms with Gasteiger partial charge >= 0.3 is 6.03 Å². The highest BCUT2D eigenvalue weighted by Gasteiger charge is 2.22. The summed E-state index contributed by atoms with van der Waals surface area (Å²) < 4.78 is 11.0. The van der Waals surface area contributed by atoms with E-state index in [0.717, 1.165) is 69.2 Å². The molecule has 27 heavy (non-hydrogen) atoms. The molecule has 7 heteroatoms. The van der Waals surface area contributed by atoms with Crippen molar-refractivity contribution in [3.63, 3.8) is 0 Å². The number of benzene rings is 1. The van der Waals surface area contributed by atoms with Crippen LogP contribution in [0.5, 0.6) is 11.5 Å². The molecule has 7 nitrogen and oxygen atoms in total. The van der Waals surface area contributed by atoms with E-state index in [4.69, 9.17) is 9.47 Å². The Morgan fingerprint density at radius 3 is 2.78 bits per heavy atom. The van der Waals surface area contributed by atoms with Crippen LogP contribution in [-0.2, 0) is 6.42 Å². The second-order valence-electron chi connectivity index (χ2n) is 7.22. The number of fused-ring (bicyclic) bond motifs is 1. The minimum absolute atomic E-state index is 0.0215. The molecule has 3 rings (SSSR count). The van der Waals surface area contributed by atoms with Gasteiger partial charge in [-0.2, -0.15) is 0 Å². The van der Waals surface area contributed by atoms with Crippen molar-refractivity contribution in [2.24, 2.45) is 0 Å². The van der Waals surface area contributed by atoms with E-state index in [1.54, 1.807) is 7.11 Å². The molecule has 0 radical (unpaired) electrons. The predicted molar refractivity (Wildman–Crippen MR) is 106 cm³/mol. The van der Waals surface area contributed by atoms with Crippen LogP contribution in [0.25, 0.3) is 0 Å². The molecule has 2 heterocycles. The Hall–Kier alpha value is -1.99. The fourth-order valence-electron chi connectivity index (χ4n) is 3.66. The molecule has 2 aliphatic heterocycles. The summed E-state index contributed by atoms with van der Waals surface area (Å²) in [5.74, 6) is 1.68. The SMILES string of the molecule is CCN1CCN(CCCNC(=O)N[C@@H]2COc3ccc(OC)cc3C2)CC1. The molecule has 1 fully saturated rings. The van der Waals surface area contributed by atoms with Crippen molar-refractivity contribution in [3.05, 3.63) is 23.8 Å². The summed E-state index contributed by atoms with van der Waals surface area (Å²) in [6, 6.07) is 5.64. The Balaban J connectivity index is 1.33. The number of amides is 2. The topological polar surface area (TPSA) is 66.1 Å². The lowest BCUT2D eigenvalue weighted by Crippen LogP contribution is -2.48. The molecule has 2 N–H and O–H groups in total. The summed E-state index contributed by atoms with van der Waals surface area (Å²) in [5.41, 5.74) is 1.07. The normalized spacial score (nSPS) is 20.4. The fourth-order valence-corrected chi connectivity index (χ4v) is 3.66. The third-order valence-corrected chi connectivity index (χ3v) is 5.36. The Kier molecular flexibility index (Phi) is 7.18. The van der Waals surface area contributed by atoms with Gasteiger partial charge in [0.15, 0.2) is 0 Å². The highest BCUT2D eigenvalue weighted by molar-refractivity contribution is 5.74. The van der Waals surface area contributed by atoms with Gasteiger partial charge in [0, 0.05) is 32.7 Å². The van der Waals surface area contributed by atoms with Crippen molar-refractivity contribution in [1.29, 1.82) is 0 Å². The Morgan fingerprint density at radius 1 is 1.26 bits per heavy atom. The Bertz CT molecular complexity index is 617. The minimum Gasteiger partial charge on any atom is -0.497 e. The number of piperazine rings is 1. The highest BCUT2D eigenvalue weighted by atomic mass is 16.5. The van der Waals surface area contributed by atoms with Crippen molar-refractivity contribution < 1.29 is 14.3 Å². The van der Waals surface area contributed by atoms with Crippen LogP contribution in [-0.4, -0.2) is 81.4 Å². The van der Waals surface area contributed by atoms with E-state index < -0.39 is 0 Å². The van der Waals surface area contributed by atoms with Crippen molar-refractivity contribution >= 4 is 6.03 Å². The molecule has 150 valence electrons. The molecule has 1 aromatic carbocycles. The maximum absolute atomic E-state index is 12.2. The largest absolute Gasteiger partial charge is 0.497 e. The summed E-state index contributed by atoms with van der Waals surface area (Å²) in [6.45, 7) is 10.1. The van der Waals surface area contributed by atoms with E-state index in [9.17, 15) is 4.79 Å². The molecule has 1 atom stereocenters. The summed E-state index contributed by atoms with van der Waals surface area (Å²) in [7, 11) is 1.65. The lowest BCUT2D eigenvalue weighted by atomic mass is 10.0. The molecule has 2 aliphatic rings. The summed E-state index contributed by atoms with van der Waals surface area (Å²) >= 11 is 0. The van der Waals surface area contributed by atoms with Gasteiger partial charge in [-0.3, -0.25) is 0 Å². The first kappa shape index (κ1) is 19.8. The van der Waals surface area contributed by atoms with Crippen LogP contribution in [0.2, 0.25) is 0 Å². The van der Waals surface area contributed by atoms with E-state index in [1.807, 2.05) is 18.2 Å². The molecular weight excluding hydrogens is 344 g/mol. The van der Waals surface area contributed by atoms with Crippen LogP contribution in [0.3, 0.4) is 0 Å². The number of rotatable bonds is 7. The van der Waals surface area contributed by atoms with Gasteiger partial charge in [0.25, 0.3) is 0 Å². The van der Waals surface area contributed by atoms with Gasteiger partial charge in [-0.1, -0.05) is 6.92 Å². The number of nitrogens with one attached hydrogen (secondary N) is 2. The number of methoxy groups -OCH3 is 1. The first-order valence-electron chi connectivity index (χ1n) is 9.96. The quantitative estimate of drug-likeness (QED) is 0.703. The zero-order valence-corrected chi connectivity index (χ0v) is 16.5. The van der Waals surface area contributed by atoms with E-state index in [2.05, 4.69) is 27.4 Å². The van der Waals surface area contributed by atoms with Gasteiger partial charge in [0.05, 0.1) is 13.2 Å². The second-order valence-corrected chi connectivity index (χ2v) is 7.22. The predicted octanol–water partition coefficient (Wildman–Crippen LogP) is 1.33. The molecule has 0 spiro atoms. The lowest BCUT2D eigenvalue weighted by molar-refractivity contribution is 0.136. The molecule has 0 aliphatic carbocycles. The van der Waals surface area contributed by atoms with E-state index >= 15 is 0 Å². The molecule has 0 saturated carbocycles. The van der Waals surface area contributed by atoms with Crippen LogP contribution in [0, 0.1) is 0 Å². The molecule has 0 aromatic heterocycles. The van der Waals surface area contributed by atoms with Crippen molar-refractivity contribution in [1.82, 2.24) is 20.4 Å². The molecule has 0 bridgehead atoms. The van der Waals surface area contributed by atoms with Crippen LogP contribution < -0.4 is 20.1 Å². The standard InChI is InChI=1S/C20H32N4O3/c1-3-23-9-11-24(12-10-23)8-4-7-21-20(25)22-17-13-16-14-18(26-2)5-6-19(16)27-15-17/h5-6,14,17H,3-4,7-13,15H2,1-2H3,(H2,21,22,25)/t17-/m0/s1. The fraction of sp³-hybridized carbons (Fsp3) is 0.650. The average Bonchev–Trinajstić information content (AvgIpc) is 2.71. The number of hydrogen-bond acceptors (Lipinski definition) is 5. The molecule has 1 aromatic rings. The first-order valence-corrected chi connectivity index (χ1v) is 9.96. The maximum Gasteiger partial charge on any atom is 0.315 e. The maximum atomic E-state index is 12.2. The number of nitrogens with zero attached hydrogens (tertiary/aromatic N) is 2. The van der Waals surface area contributed by atoms with E-state index in [1.165, 1.54) is 0 Å². The number of carbonyl (C=O) groups is 1. The second kappa shape index (κ2) is 9.80. The minimum atomic E-state index is -0.120. The van der Waals surface area contributed by atoms with Gasteiger partial charge in [0.2, 0.25) is 0 Å². The molecule has 2 amide bonds. The van der Waals surface area contributed by atoms with Crippen molar-refractivity contribution in [2.75, 3.05) is 59.5 Å². The van der Waals surface area contributed by atoms with Gasteiger partial charge < -0.3 is 29.9 Å². The zero-order chi connectivity index (χ0) is 19.1. The van der Waals surface area contributed by atoms with Crippen molar-refractivity contribution in [3.8, 4) is 11.5 Å². The highest BCUT2D eigenvalue weighted by Crippen LogP contribution is 2.28. The monoisotopic (exact) mass is 376 g/mol. The van der Waals surface area contributed by atoms with Crippen LogP contribution in [0.15, 0.2) is 18.2 Å². The smallest absolute Gasteiger partial charge is 0.315 e. The van der Waals surface area contributed by atoms with Gasteiger partial charge in [-0.15, -0.1) is 0 Å². The lowest BCUT2D eigenvalue weighted by Gasteiger charge is -2.34. The third-order valence-electron chi connectivity index (χ3n) is 5.36. The molecular formula is C20H32N4O3. The number of carbonyl (C=O) groups excluding carboxylic acids is 1. The van der Waals surface area contributed by atoms with Gasteiger partial charge in [0.1, 0.15) is 18.1 Å². The summed E-state index contributed by atoms with van der Waals surface area (Å²) in [4.78, 5) is 17.1. The number of urea groups is 1. The summed E-state index contributed by atoms with van der Waals surface area (Å²) in [6.07, 6.45) is 1.72. The van der Waals surface area contributed by atoms with Gasteiger partial charge in [-0.25, -0.2) is 4.79 Å². The number of hydrogen-bond donors (Lipinski definition) is 2. The Labute approximate surface area is 162 Å². The van der Waals surface area contributed by atoms with Gasteiger partial charge in [-0.05, 0) is 49.7 Å². The van der Waals surface area contributed by atoms with Crippen LogP contribution >= 0.6 is 0 Å². The third kappa shape index (κ3) is 5.74. The van der Waals surface area contributed by atoms with E-state index in [0.29, 0.717) is 13.2 Å². The zero-order valence-electron chi connectivity index (χ0n) is 16.5. The molecule has 0 unspecified atom stereocenters. The summed E-state index contributed by atoms with van der Waals surface area (Å²) in [5, 5.41) is 5.98. The number of likely N-dealkylation sites (N-methyl/N-ethyl adjacent to an activating group) is 1. The number of ether oxygens (including phenoxy) is 2.